The van der Waals surface area contributed by atoms with Gasteiger partial charge in [-0.1, -0.05) is 17.8 Å². The van der Waals surface area contributed by atoms with Crippen LogP contribution in [0.4, 0.5) is 4.39 Å². The highest BCUT2D eigenvalue weighted by Gasteiger charge is 2.16. The standard InChI is InChI=1S/C9H6BrFN4O2S/c10-5-2-1-3-6(11)8(5)15-9(12-13-14-15)18-4-7(16)17/h1-3H,4H2,(H,16,17). The number of aliphatic carboxylic acids is 1. The van der Waals surface area contributed by atoms with Crippen LogP contribution in [0.25, 0.3) is 5.69 Å². The van der Waals surface area contributed by atoms with E-state index in [2.05, 4.69) is 31.5 Å². The van der Waals surface area contributed by atoms with Gasteiger partial charge in [0.1, 0.15) is 11.5 Å². The van der Waals surface area contributed by atoms with E-state index in [1.54, 1.807) is 6.07 Å². The molecule has 0 spiro atoms. The van der Waals surface area contributed by atoms with Gasteiger partial charge in [-0.3, -0.25) is 4.79 Å². The number of halogens is 2. The molecule has 0 amide bonds. The van der Waals surface area contributed by atoms with Crippen LogP contribution < -0.4 is 0 Å². The number of carbonyl (C=O) groups is 1. The van der Waals surface area contributed by atoms with Crippen molar-refractivity contribution < 1.29 is 14.3 Å². The van der Waals surface area contributed by atoms with Gasteiger partial charge in [0.15, 0.2) is 0 Å². The molecule has 0 bridgehead atoms. The normalized spacial score (nSPS) is 10.6. The van der Waals surface area contributed by atoms with Crippen molar-refractivity contribution in [1.29, 1.82) is 0 Å². The zero-order chi connectivity index (χ0) is 13.1. The molecule has 0 fully saturated rings. The number of carboxylic acid groups (broad SMARTS) is 1. The summed E-state index contributed by atoms with van der Waals surface area (Å²) in [4.78, 5) is 10.5. The number of thioether (sulfide) groups is 1. The fraction of sp³-hybridized carbons (Fsp3) is 0.111. The molecule has 0 saturated heterocycles. The second-order valence-electron chi connectivity index (χ2n) is 3.13. The van der Waals surface area contributed by atoms with Crippen LogP contribution in [0.5, 0.6) is 0 Å². The molecule has 1 heterocycles. The number of hydrogen-bond donors (Lipinski definition) is 1. The van der Waals surface area contributed by atoms with Crippen molar-refractivity contribution in [2.24, 2.45) is 0 Å². The van der Waals surface area contributed by atoms with E-state index in [9.17, 15) is 9.18 Å². The van der Waals surface area contributed by atoms with Crippen molar-refractivity contribution >= 4 is 33.7 Å². The van der Waals surface area contributed by atoms with E-state index in [-0.39, 0.29) is 16.6 Å². The van der Waals surface area contributed by atoms with Crippen molar-refractivity contribution in [1.82, 2.24) is 20.2 Å². The van der Waals surface area contributed by atoms with Crippen molar-refractivity contribution in [3.8, 4) is 5.69 Å². The molecule has 9 heteroatoms. The van der Waals surface area contributed by atoms with Crippen molar-refractivity contribution in [2.75, 3.05) is 5.75 Å². The zero-order valence-electron chi connectivity index (χ0n) is 8.75. The van der Waals surface area contributed by atoms with Gasteiger partial charge in [0.05, 0.1) is 5.75 Å². The Morgan fingerprint density at radius 2 is 2.33 bits per heavy atom. The minimum absolute atomic E-state index is 0.149. The highest BCUT2D eigenvalue weighted by atomic mass is 79.9. The lowest BCUT2D eigenvalue weighted by molar-refractivity contribution is -0.133. The summed E-state index contributed by atoms with van der Waals surface area (Å²) in [5.74, 6) is -1.71. The number of hydrogen-bond acceptors (Lipinski definition) is 5. The van der Waals surface area contributed by atoms with Crippen LogP contribution in [0.3, 0.4) is 0 Å². The van der Waals surface area contributed by atoms with Crippen molar-refractivity contribution in [3.05, 3.63) is 28.5 Å². The Labute approximate surface area is 113 Å². The summed E-state index contributed by atoms with van der Waals surface area (Å²) in [6.45, 7) is 0. The maximum atomic E-state index is 13.7. The molecule has 0 aliphatic carbocycles. The van der Waals surface area contributed by atoms with Crippen LogP contribution in [0.15, 0.2) is 27.8 Å². The third-order valence-corrected chi connectivity index (χ3v) is 3.46. The Kier molecular flexibility index (Phi) is 3.92. The molecule has 0 radical (unpaired) electrons. The third-order valence-electron chi connectivity index (χ3n) is 1.91. The van der Waals surface area contributed by atoms with Crippen LogP contribution in [-0.2, 0) is 4.79 Å². The van der Waals surface area contributed by atoms with Gasteiger partial charge in [-0.15, -0.1) is 5.10 Å². The first-order valence-corrected chi connectivity index (χ1v) is 6.45. The highest BCUT2D eigenvalue weighted by molar-refractivity contribution is 9.10. The molecule has 1 aromatic carbocycles. The minimum Gasteiger partial charge on any atom is -0.481 e. The SMILES string of the molecule is O=C(O)CSc1nnnn1-c1c(F)cccc1Br. The van der Waals surface area contributed by atoms with Crippen LogP contribution in [-0.4, -0.2) is 37.0 Å². The largest absolute Gasteiger partial charge is 0.481 e. The smallest absolute Gasteiger partial charge is 0.313 e. The second-order valence-corrected chi connectivity index (χ2v) is 4.92. The molecule has 0 saturated carbocycles. The monoisotopic (exact) mass is 332 g/mol. The number of para-hydroxylation sites is 1. The molecule has 18 heavy (non-hydrogen) atoms. The first-order valence-electron chi connectivity index (χ1n) is 4.67. The summed E-state index contributed by atoms with van der Waals surface area (Å²) in [6, 6.07) is 4.45. The lowest BCUT2D eigenvalue weighted by atomic mass is 10.3. The summed E-state index contributed by atoms with van der Waals surface area (Å²) >= 11 is 4.11. The summed E-state index contributed by atoms with van der Waals surface area (Å²) in [5.41, 5.74) is 0.149. The Bertz CT molecular complexity index is 571. The van der Waals surface area contributed by atoms with E-state index < -0.39 is 11.8 Å². The molecule has 0 aliphatic heterocycles. The van der Waals surface area contributed by atoms with Crippen LogP contribution >= 0.6 is 27.7 Å². The van der Waals surface area contributed by atoms with Gasteiger partial charge in [-0.25, -0.2) is 4.39 Å². The van der Waals surface area contributed by atoms with E-state index in [0.717, 1.165) is 16.4 Å². The molecule has 2 aromatic rings. The van der Waals surface area contributed by atoms with Gasteiger partial charge in [-0.2, -0.15) is 4.68 Å². The lowest BCUT2D eigenvalue weighted by Crippen LogP contribution is -2.05. The molecular weight excluding hydrogens is 327 g/mol. The average Bonchev–Trinajstić information content (AvgIpc) is 2.74. The second kappa shape index (κ2) is 5.44. The number of nitrogens with zero attached hydrogens (tertiary/aromatic N) is 4. The molecular formula is C9H6BrFN4O2S. The van der Waals surface area contributed by atoms with E-state index >= 15 is 0 Å². The molecule has 94 valence electrons. The Morgan fingerprint density at radius 3 is 3.00 bits per heavy atom. The molecule has 6 nitrogen and oxygen atoms in total. The molecule has 0 unspecified atom stereocenters. The number of aromatic nitrogens is 4. The maximum Gasteiger partial charge on any atom is 0.313 e. The number of carboxylic acids is 1. The third kappa shape index (κ3) is 2.67. The predicted octanol–water partition coefficient (Wildman–Crippen LogP) is 1.74. The van der Waals surface area contributed by atoms with Gasteiger partial charge in [-0.05, 0) is 38.5 Å². The van der Waals surface area contributed by atoms with Gasteiger partial charge in [0, 0.05) is 4.47 Å². The molecule has 1 N–H and O–H groups in total. The van der Waals surface area contributed by atoms with E-state index in [1.807, 2.05) is 0 Å². The van der Waals surface area contributed by atoms with Gasteiger partial charge < -0.3 is 5.11 Å². The first-order chi connectivity index (χ1) is 8.59. The van der Waals surface area contributed by atoms with E-state index in [4.69, 9.17) is 5.11 Å². The van der Waals surface area contributed by atoms with Gasteiger partial charge >= 0.3 is 5.97 Å². The van der Waals surface area contributed by atoms with Crippen LogP contribution in [0.2, 0.25) is 0 Å². The van der Waals surface area contributed by atoms with Crippen LogP contribution in [0, 0.1) is 5.82 Å². The number of tetrazole rings is 1. The first kappa shape index (κ1) is 13.0. The van der Waals surface area contributed by atoms with Crippen molar-refractivity contribution in [3.63, 3.8) is 0 Å². The minimum atomic E-state index is -0.998. The van der Waals surface area contributed by atoms with E-state index in [0.29, 0.717) is 4.47 Å². The maximum absolute atomic E-state index is 13.7. The van der Waals surface area contributed by atoms with Crippen LogP contribution in [0.1, 0.15) is 0 Å². The zero-order valence-corrected chi connectivity index (χ0v) is 11.2. The summed E-state index contributed by atoms with van der Waals surface area (Å²) in [6.07, 6.45) is 0. The molecule has 2 rings (SSSR count). The summed E-state index contributed by atoms with van der Waals surface area (Å²) < 4.78 is 15.4. The Morgan fingerprint density at radius 1 is 1.56 bits per heavy atom. The predicted molar refractivity (Wildman–Crippen MR) is 65.2 cm³/mol. The van der Waals surface area contributed by atoms with E-state index in [1.165, 1.54) is 12.1 Å². The molecule has 0 atom stereocenters. The fourth-order valence-corrected chi connectivity index (χ4v) is 2.33. The fourth-order valence-electron chi connectivity index (χ4n) is 1.23. The van der Waals surface area contributed by atoms with Crippen molar-refractivity contribution in [2.45, 2.75) is 5.16 Å². The number of benzene rings is 1. The lowest BCUT2D eigenvalue weighted by Gasteiger charge is -2.06. The highest BCUT2D eigenvalue weighted by Crippen LogP contribution is 2.26. The summed E-state index contributed by atoms with van der Waals surface area (Å²) in [5, 5.41) is 19.6. The topological polar surface area (TPSA) is 80.9 Å². The molecule has 1 aromatic heterocycles. The molecule has 0 aliphatic rings. The number of rotatable bonds is 4. The Balaban J connectivity index is 2.39. The summed E-state index contributed by atoms with van der Waals surface area (Å²) in [7, 11) is 0. The van der Waals surface area contributed by atoms with Gasteiger partial charge in [0.2, 0.25) is 5.16 Å². The average molecular weight is 333 g/mol. The quantitative estimate of drug-likeness (QED) is 0.859. The van der Waals surface area contributed by atoms with Gasteiger partial charge in [0.25, 0.3) is 0 Å². The Hall–Kier alpha value is -1.48.